The molecule has 0 saturated carbocycles. The first-order valence-corrected chi connectivity index (χ1v) is 9.91. The maximum absolute atomic E-state index is 6.32. The van der Waals surface area contributed by atoms with Gasteiger partial charge in [-0.15, -0.1) is 11.3 Å². The Morgan fingerprint density at radius 3 is 2.62 bits per heavy atom. The first-order chi connectivity index (χ1) is 12.6. The number of nitrogens with one attached hydrogen (secondary N) is 1. The van der Waals surface area contributed by atoms with Crippen molar-refractivity contribution in [2.45, 2.75) is 6.54 Å². The summed E-state index contributed by atoms with van der Waals surface area (Å²) >= 11 is 7.98. The zero-order valence-electron chi connectivity index (χ0n) is 15.4. The van der Waals surface area contributed by atoms with Crippen LogP contribution in [0.5, 0.6) is 0 Å². The summed E-state index contributed by atoms with van der Waals surface area (Å²) in [6.45, 7) is 4.34. The number of halogens is 1. The average Bonchev–Trinajstić information content (AvgIpc) is 3.13. The summed E-state index contributed by atoms with van der Waals surface area (Å²) in [6, 6.07) is 8.02. The number of aliphatic imine (C=N–C) groups is 1. The molecule has 0 spiro atoms. The highest BCUT2D eigenvalue weighted by Gasteiger charge is 2.21. The molecule has 1 N–H and O–H groups in total. The molecule has 1 aliphatic rings. The number of aromatic nitrogens is 1. The normalized spacial score (nSPS) is 15.3. The molecule has 6 nitrogen and oxygen atoms in total. The SMILES string of the molecule is CN=C(NCc1csc(N(C)C)n1)N1CCN(c2ccccc2Cl)CC1. The fourth-order valence-corrected chi connectivity index (χ4v) is 3.97. The molecular weight excluding hydrogens is 368 g/mol. The van der Waals surface area contributed by atoms with E-state index in [0.717, 1.165) is 53.7 Å². The highest BCUT2D eigenvalue weighted by molar-refractivity contribution is 7.13. The van der Waals surface area contributed by atoms with E-state index in [2.05, 4.69) is 36.5 Å². The lowest BCUT2D eigenvalue weighted by Crippen LogP contribution is -2.52. The van der Waals surface area contributed by atoms with E-state index < -0.39 is 0 Å². The van der Waals surface area contributed by atoms with Gasteiger partial charge in [0.2, 0.25) is 0 Å². The molecule has 2 aromatic rings. The van der Waals surface area contributed by atoms with Crippen molar-refractivity contribution in [3.8, 4) is 0 Å². The number of rotatable bonds is 4. The van der Waals surface area contributed by atoms with Crippen molar-refractivity contribution in [2.24, 2.45) is 4.99 Å². The van der Waals surface area contributed by atoms with Crippen LogP contribution in [0.4, 0.5) is 10.8 Å². The van der Waals surface area contributed by atoms with Gasteiger partial charge in [-0.05, 0) is 12.1 Å². The van der Waals surface area contributed by atoms with E-state index in [1.54, 1.807) is 11.3 Å². The van der Waals surface area contributed by atoms with Crippen LogP contribution >= 0.6 is 22.9 Å². The minimum atomic E-state index is 0.682. The molecule has 2 heterocycles. The van der Waals surface area contributed by atoms with Crippen LogP contribution in [0.2, 0.25) is 5.02 Å². The van der Waals surface area contributed by atoms with Crippen LogP contribution in [0.3, 0.4) is 0 Å². The third-order valence-electron chi connectivity index (χ3n) is 4.33. The molecule has 26 heavy (non-hydrogen) atoms. The molecule has 3 rings (SSSR count). The molecule has 1 fully saturated rings. The third kappa shape index (κ3) is 4.40. The third-order valence-corrected chi connectivity index (χ3v) is 5.71. The predicted octanol–water partition coefficient (Wildman–Crippen LogP) is 2.76. The van der Waals surface area contributed by atoms with Crippen molar-refractivity contribution >= 4 is 39.7 Å². The Bertz CT molecular complexity index is 752. The molecule has 0 bridgehead atoms. The van der Waals surface area contributed by atoms with Gasteiger partial charge in [0.25, 0.3) is 0 Å². The lowest BCUT2D eigenvalue weighted by atomic mass is 10.2. The van der Waals surface area contributed by atoms with E-state index in [-0.39, 0.29) is 0 Å². The highest BCUT2D eigenvalue weighted by atomic mass is 35.5. The number of guanidine groups is 1. The number of hydrogen-bond donors (Lipinski definition) is 1. The van der Waals surface area contributed by atoms with Crippen LogP contribution in [0.1, 0.15) is 5.69 Å². The first kappa shape index (κ1) is 18.8. The van der Waals surface area contributed by atoms with E-state index in [4.69, 9.17) is 11.6 Å². The van der Waals surface area contributed by atoms with Crippen LogP contribution in [-0.2, 0) is 6.54 Å². The average molecular weight is 393 g/mol. The van der Waals surface area contributed by atoms with Crippen molar-refractivity contribution in [3.63, 3.8) is 0 Å². The topological polar surface area (TPSA) is 47.0 Å². The van der Waals surface area contributed by atoms with Crippen LogP contribution in [0.15, 0.2) is 34.6 Å². The molecule has 0 amide bonds. The Labute approximate surface area is 164 Å². The van der Waals surface area contributed by atoms with Gasteiger partial charge < -0.3 is 20.0 Å². The largest absolute Gasteiger partial charge is 0.367 e. The van der Waals surface area contributed by atoms with E-state index in [9.17, 15) is 0 Å². The maximum Gasteiger partial charge on any atom is 0.194 e. The van der Waals surface area contributed by atoms with Gasteiger partial charge in [-0.1, -0.05) is 23.7 Å². The molecule has 0 unspecified atom stereocenters. The maximum atomic E-state index is 6.32. The zero-order valence-corrected chi connectivity index (χ0v) is 17.0. The molecule has 0 radical (unpaired) electrons. The molecule has 0 aliphatic carbocycles. The van der Waals surface area contributed by atoms with Crippen molar-refractivity contribution in [3.05, 3.63) is 40.4 Å². The Hall–Kier alpha value is -1.99. The number of thiazole rings is 1. The first-order valence-electron chi connectivity index (χ1n) is 8.65. The van der Waals surface area contributed by atoms with Gasteiger partial charge in [0.1, 0.15) is 0 Å². The number of anilines is 2. The smallest absolute Gasteiger partial charge is 0.194 e. The minimum Gasteiger partial charge on any atom is -0.367 e. The summed E-state index contributed by atoms with van der Waals surface area (Å²) in [6.07, 6.45) is 0. The van der Waals surface area contributed by atoms with Crippen LogP contribution < -0.4 is 15.1 Å². The Morgan fingerprint density at radius 2 is 2.00 bits per heavy atom. The van der Waals surface area contributed by atoms with Crippen LogP contribution in [0, 0.1) is 0 Å². The van der Waals surface area contributed by atoms with Crippen LogP contribution in [0.25, 0.3) is 0 Å². The van der Waals surface area contributed by atoms with Crippen molar-refractivity contribution < 1.29 is 0 Å². The fraction of sp³-hybridized carbons (Fsp3) is 0.444. The molecule has 1 aromatic carbocycles. The van der Waals surface area contributed by atoms with Crippen LogP contribution in [-0.4, -0.2) is 63.2 Å². The van der Waals surface area contributed by atoms with E-state index >= 15 is 0 Å². The van der Waals surface area contributed by atoms with Gasteiger partial charge in [0, 0.05) is 52.7 Å². The van der Waals surface area contributed by atoms with Gasteiger partial charge in [0.05, 0.1) is 22.9 Å². The van der Waals surface area contributed by atoms with Crippen molar-refractivity contribution in [1.29, 1.82) is 0 Å². The standard InChI is InChI=1S/C18H25ClN6S/c1-20-17(21-12-14-13-26-18(22-14)23(2)3)25-10-8-24(9-11-25)16-7-5-4-6-15(16)19/h4-7,13H,8-12H2,1-3H3,(H,20,21). The second-order valence-corrected chi connectivity index (χ2v) is 7.59. The predicted molar refractivity (Wildman–Crippen MR) is 112 cm³/mol. The van der Waals surface area contributed by atoms with E-state index in [1.165, 1.54) is 0 Å². The number of para-hydroxylation sites is 1. The molecule has 1 saturated heterocycles. The summed E-state index contributed by atoms with van der Waals surface area (Å²) in [7, 11) is 5.84. The molecule has 1 aromatic heterocycles. The lowest BCUT2D eigenvalue weighted by molar-refractivity contribution is 0.372. The second-order valence-electron chi connectivity index (χ2n) is 6.34. The van der Waals surface area contributed by atoms with Gasteiger partial charge in [-0.25, -0.2) is 4.98 Å². The molecule has 140 valence electrons. The quantitative estimate of drug-likeness (QED) is 0.640. The summed E-state index contributed by atoms with van der Waals surface area (Å²) in [5.74, 6) is 0.920. The Kier molecular flexibility index (Phi) is 6.21. The van der Waals surface area contributed by atoms with E-state index in [1.807, 2.05) is 44.2 Å². The van der Waals surface area contributed by atoms with Gasteiger partial charge >= 0.3 is 0 Å². The minimum absolute atomic E-state index is 0.682. The summed E-state index contributed by atoms with van der Waals surface area (Å²) in [4.78, 5) is 15.7. The highest BCUT2D eigenvalue weighted by Crippen LogP contribution is 2.26. The Balaban J connectivity index is 1.54. The number of nitrogens with zero attached hydrogens (tertiary/aromatic N) is 5. The zero-order chi connectivity index (χ0) is 18.5. The van der Waals surface area contributed by atoms with Gasteiger partial charge in [-0.2, -0.15) is 0 Å². The van der Waals surface area contributed by atoms with Crippen molar-refractivity contribution in [1.82, 2.24) is 15.2 Å². The van der Waals surface area contributed by atoms with Gasteiger partial charge in [-0.3, -0.25) is 4.99 Å². The number of benzene rings is 1. The second kappa shape index (κ2) is 8.60. The monoisotopic (exact) mass is 392 g/mol. The fourth-order valence-electron chi connectivity index (χ4n) is 2.95. The number of hydrogen-bond acceptors (Lipinski definition) is 5. The van der Waals surface area contributed by atoms with Gasteiger partial charge in [0.15, 0.2) is 11.1 Å². The molecule has 1 aliphatic heterocycles. The summed E-state index contributed by atoms with van der Waals surface area (Å²) < 4.78 is 0. The molecule has 0 atom stereocenters. The molecular formula is C18H25ClN6S. The summed E-state index contributed by atoms with van der Waals surface area (Å²) in [5, 5.41) is 7.35. The molecule has 8 heteroatoms. The van der Waals surface area contributed by atoms with Crippen molar-refractivity contribution in [2.75, 3.05) is 57.1 Å². The lowest BCUT2D eigenvalue weighted by Gasteiger charge is -2.38. The van der Waals surface area contributed by atoms with E-state index in [0.29, 0.717) is 6.54 Å². The Morgan fingerprint density at radius 1 is 1.27 bits per heavy atom. The number of piperazine rings is 1. The summed E-state index contributed by atoms with van der Waals surface area (Å²) in [5.41, 5.74) is 2.14.